The van der Waals surface area contributed by atoms with Crippen LogP contribution in [0.3, 0.4) is 0 Å². The van der Waals surface area contributed by atoms with Crippen molar-refractivity contribution in [3.8, 4) is 5.75 Å². The first-order chi connectivity index (χ1) is 22.6. The fraction of sp³-hybridized carbons (Fsp3) is 0.657. The Morgan fingerprint density at radius 2 is 1.83 bits per heavy atom. The summed E-state index contributed by atoms with van der Waals surface area (Å²) in [6.07, 6.45) is 6.71. The van der Waals surface area contributed by atoms with Gasteiger partial charge in [-0.25, -0.2) is 0 Å². The zero-order valence-corrected chi connectivity index (χ0v) is 29.7. The minimum absolute atomic E-state index is 0.00708. The Bertz CT molecular complexity index is 1450. The first-order valence-electron chi connectivity index (χ1n) is 16.9. The van der Waals surface area contributed by atoms with Crippen LogP contribution in [0.15, 0.2) is 17.3 Å². The quantitative estimate of drug-likeness (QED) is 0.279. The van der Waals surface area contributed by atoms with Gasteiger partial charge in [0.1, 0.15) is 17.8 Å². The average Bonchev–Trinajstić information content (AvgIpc) is 3.63. The summed E-state index contributed by atoms with van der Waals surface area (Å²) in [5.74, 6) is -2.52. The Labute approximate surface area is 287 Å². The molecule has 0 aromatic heterocycles. The van der Waals surface area contributed by atoms with Gasteiger partial charge >= 0.3 is 0 Å². The van der Waals surface area contributed by atoms with Gasteiger partial charge < -0.3 is 30.8 Å². The van der Waals surface area contributed by atoms with E-state index in [-0.39, 0.29) is 37.6 Å². The van der Waals surface area contributed by atoms with Crippen molar-refractivity contribution in [2.24, 2.45) is 22.2 Å². The van der Waals surface area contributed by atoms with Crippen molar-refractivity contribution in [1.29, 1.82) is 0 Å². The number of oxime groups is 1. The topological polar surface area (TPSA) is 169 Å². The second kappa shape index (κ2) is 15.3. The van der Waals surface area contributed by atoms with Crippen molar-refractivity contribution in [3.63, 3.8) is 0 Å². The number of rotatable bonds is 12. The van der Waals surface area contributed by atoms with Gasteiger partial charge in [-0.3, -0.25) is 24.0 Å². The van der Waals surface area contributed by atoms with E-state index in [4.69, 9.17) is 26.9 Å². The summed E-state index contributed by atoms with van der Waals surface area (Å²) in [4.78, 5) is 73.7. The number of nitrogens with one attached hydrogen (secondary N) is 2. The third-order valence-electron chi connectivity index (χ3n) is 9.70. The molecule has 0 unspecified atom stereocenters. The molecular weight excluding hydrogens is 638 g/mol. The predicted octanol–water partition coefficient (Wildman–Crippen LogP) is 3.96. The molecule has 2 heterocycles. The molecule has 12 nitrogen and oxygen atoms in total. The number of nitrogens with two attached hydrogens (primary N) is 1. The molecule has 1 aliphatic carbocycles. The highest BCUT2D eigenvalue weighted by molar-refractivity contribution is 6.37. The highest BCUT2D eigenvalue weighted by atomic mass is 35.5. The molecule has 1 spiro atoms. The summed E-state index contributed by atoms with van der Waals surface area (Å²) >= 11 is 6.44. The van der Waals surface area contributed by atoms with Gasteiger partial charge in [0.25, 0.3) is 5.91 Å². The molecule has 1 aromatic rings. The Kier molecular flexibility index (Phi) is 11.8. The lowest BCUT2D eigenvalue weighted by Crippen LogP contribution is -2.59. The number of carbonyl (C=O) groups excluding carboxylic acids is 5. The maximum absolute atomic E-state index is 14.5. The number of primary amides is 1. The monoisotopic (exact) mass is 687 g/mol. The van der Waals surface area contributed by atoms with Crippen LogP contribution >= 0.6 is 11.6 Å². The van der Waals surface area contributed by atoms with Crippen molar-refractivity contribution in [2.75, 3.05) is 13.7 Å². The van der Waals surface area contributed by atoms with E-state index in [0.29, 0.717) is 29.3 Å². The normalized spacial score (nSPS) is 22.4. The molecule has 48 heavy (non-hydrogen) atoms. The fourth-order valence-corrected chi connectivity index (χ4v) is 7.32. The first-order valence-corrected chi connectivity index (χ1v) is 17.3. The third-order valence-corrected chi connectivity index (χ3v) is 10.0. The Morgan fingerprint density at radius 1 is 1.15 bits per heavy atom. The van der Waals surface area contributed by atoms with Crippen LogP contribution in [0.5, 0.6) is 5.75 Å². The predicted molar refractivity (Wildman–Crippen MR) is 181 cm³/mol. The van der Waals surface area contributed by atoms with E-state index >= 15 is 0 Å². The van der Waals surface area contributed by atoms with Gasteiger partial charge in [-0.05, 0) is 55.2 Å². The summed E-state index contributed by atoms with van der Waals surface area (Å²) in [7, 11) is 1.53. The summed E-state index contributed by atoms with van der Waals surface area (Å²) in [6.45, 7) is 9.32. The van der Waals surface area contributed by atoms with Crippen LogP contribution in [0.4, 0.5) is 0 Å². The highest BCUT2D eigenvalue weighted by Crippen LogP contribution is 2.41. The van der Waals surface area contributed by atoms with Crippen LogP contribution in [0.25, 0.3) is 0 Å². The number of ether oxygens (including phenoxy) is 1. The number of amides is 4. The van der Waals surface area contributed by atoms with Crippen molar-refractivity contribution >= 4 is 46.7 Å². The molecule has 3 aliphatic rings. The van der Waals surface area contributed by atoms with Gasteiger partial charge in [-0.1, -0.05) is 70.1 Å². The summed E-state index contributed by atoms with van der Waals surface area (Å²) in [5, 5.41) is 10.5. The van der Waals surface area contributed by atoms with E-state index in [9.17, 15) is 24.0 Å². The lowest BCUT2D eigenvalue weighted by Gasteiger charge is -2.36. The van der Waals surface area contributed by atoms with Crippen LogP contribution in [0.1, 0.15) is 103 Å². The van der Waals surface area contributed by atoms with Gasteiger partial charge in [0.2, 0.25) is 23.5 Å². The van der Waals surface area contributed by atoms with E-state index < -0.39 is 52.6 Å². The minimum atomic E-state index is -1.15. The van der Waals surface area contributed by atoms with Crippen LogP contribution in [-0.2, 0) is 28.8 Å². The lowest BCUT2D eigenvalue weighted by atomic mass is 9.84. The maximum Gasteiger partial charge on any atom is 0.287 e. The second-order valence-corrected chi connectivity index (χ2v) is 15.0. The van der Waals surface area contributed by atoms with Crippen molar-refractivity contribution in [3.05, 3.63) is 28.3 Å². The number of likely N-dealkylation sites (tertiary alicyclic amines) is 1. The molecule has 2 fully saturated rings. The van der Waals surface area contributed by atoms with Gasteiger partial charge in [-0.2, -0.15) is 0 Å². The van der Waals surface area contributed by atoms with Gasteiger partial charge in [0.15, 0.2) is 5.60 Å². The Balaban J connectivity index is 1.63. The minimum Gasteiger partial charge on any atom is -0.495 e. The van der Waals surface area contributed by atoms with E-state index in [0.717, 1.165) is 36.8 Å². The molecule has 1 saturated heterocycles. The molecule has 0 bridgehead atoms. The molecule has 13 heteroatoms. The molecule has 4 atom stereocenters. The molecule has 4 rings (SSSR count). The van der Waals surface area contributed by atoms with Gasteiger partial charge in [0, 0.05) is 24.8 Å². The fourth-order valence-electron chi connectivity index (χ4n) is 7.08. The van der Waals surface area contributed by atoms with E-state index in [1.54, 1.807) is 12.1 Å². The largest absolute Gasteiger partial charge is 0.495 e. The highest BCUT2D eigenvalue weighted by Gasteiger charge is 2.55. The van der Waals surface area contributed by atoms with Crippen LogP contribution in [0.2, 0.25) is 5.02 Å². The molecule has 2 aliphatic heterocycles. The Morgan fingerprint density at radius 3 is 2.44 bits per heavy atom. The zero-order valence-electron chi connectivity index (χ0n) is 28.9. The van der Waals surface area contributed by atoms with Gasteiger partial charge in [-0.15, -0.1) is 0 Å². The maximum atomic E-state index is 14.5. The van der Waals surface area contributed by atoms with Crippen LogP contribution < -0.4 is 21.1 Å². The molecule has 1 saturated carbocycles. The van der Waals surface area contributed by atoms with Gasteiger partial charge in [0.05, 0.1) is 30.4 Å². The van der Waals surface area contributed by atoms with Crippen molar-refractivity contribution in [2.45, 2.75) is 123 Å². The average molecular weight is 688 g/mol. The smallest absolute Gasteiger partial charge is 0.287 e. The summed E-state index contributed by atoms with van der Waals surface area (Å²) < 4.78 is 5.34. The summed E-state index contributed by atoms with van der Waals surface area (Å²) in [6, 6.07) is 0.401. The number of nitrogens with zero attached hydrogens (tertiary/aromatic N) is 2. The van der Waals surface area contributed by atoms with Crippen LogP contribution in [-0.4, -0.2) is 77.4 Å². The third kappa shape index (κ3) is 8.48. The van der Waals surface area contributed by atoms with E-state index in [1.165, 1.54) is 18.4 Å². The summed E-state index contributed by atoms with van der Waals surface area (Å²) in [5.41, 5.74) is 5.74. The number of hydrogen-bond donors (Lipinski definition) is 3. The number of hydrogen-bond acceptors (Lipinski definition) is 8. The van der Waals surface area contributed by atoms with Crippen molar-refractivity contribution in [1.82, 2.24) is 15.5 Å². The molecule has 0 radical (unpaired) electrons. The number of methoxy groups -OCH3 is 1. The Hall–Kier alpha value is -3.67. The SMILES string of the molecule is CCC[C@H](NC(=O)[C@@H]1C[C@]2(CC(c3cc(Cl)c(OC)cc3C)=NO2)CN1C(=O)[C@@H](NC(=O)CC1CCCCC1)C(C)(C)C)C(=O)C(N)=O. The van der Waals surface area contributed by atoms with Crippen LogP contribution in [0, 0.1) is 18.3 Å². The lowest BCUT2D eigenvalue weighted by molar-refractivity contribution is -0.145. The number of carbonyl (C=O) groups is 5. The molecule has 264 valence electrons. The number of aryl methyl sites for hydroxylation is 1. The number of Topliss-reactive ketones (excluding diaryl/α,β-unsaturated/α-hetero) is 1. The van der Waals surface area contributed by atoms with Crippen molar-refractivity contribution < 1.29 is 33.5 Å². The number of ketones is 1. The number of benzene rings is 1. The number of halogens is 1. The first kappa shape index (κ1) is 37.2. The molecule has 4 amide bonds. The standard InChI is InChI=1S/C35H50ClN5O7/c1-7-11-24(29(43)31(37)44)38-32(45)26-18-35(17-25(40-48-35)22-16-23(36)27(47-6)14-20(22)2)19-41(26)33(46)30(34(3,4)5)39-28(42)15-21-12-9-8-10-13-21/h14,16,21,24,26,30H,7-13,15,17-19H2,1-6H3,(H2,37,44)(H,38,45)(H,39,42)/t24-,26-,30+,35+/m0/s1. The molecular formula is C35H50ClN5O7. The molecule has 4 N–H and O–H groups in total. The molecule has 1 aromatic carbocycles. The van der Waals surface area contributed by atoms with E-state index in [1.807, 2.05) is 34.6 Å². The van der Waals surface area contributed by atoms with E-state index in [2.05, 4.69) is 15.8 Å². The second-order valence-electron chi connectivity index (χ2n) is 14.6. The zero-order chi connectivity index (χ0) is 35.4.